The molecule has 1 atom stereocenters. The van der Waals surface area contributed by atoms with E-state index in [4.69, 9.17) is 5.73 Å². The highest BCUT2D eigenvalue weighted by Crippen LogP contribution is 2.33. The number of hydrogen-bond acceptors (Lipinski definition) is 7. The van der Waals surface area contributed by atoms with Gasteiger partial charge < -0.3 is 11.1 Å². The van der Waals surface area contributed by atoms with Gasteiger partial charge in [-0.3, -0.25) is 10.1 Å². The number of nitrogens with zero attached hydrogens (tertiary/aromatic N) is 2. The van der Waals surface area contributed by atoms with Gasteiger partial charge in [0.15, 0.2) is 4.34 Å². The monoisotopic (exact) mass is 379 g/mol. The van der Waals surface area contributed by atoms with Crippen LogP contribution in [0.2, 0.25) is 0 Å². The molecule has 3 amide bonds. The first kappa shape index (κ1) is 19.2. The van der Waals surface area contributed by atoms with Crippen molar-refractivity contribution in [3.05, 3.63) is 29.8 Å². The third-order valence-electron chi connectivity index (χ3n) is 3.36. The van der Waals surface area contributed by atoms with Crippen LogP contribution < -0.4 is 16.4 Å². The van der Waals surface area contributed by atoms with Crippen molar-refractivity contribution in [3.8, 4) is 0 Å². The number of imide groups is 1. The predicted octanol–water partition coefficient (Wildman–Crippen LogP) is 3.16. The van der Waals surface area contributed by atoms with Crippen molar-refractivity contribution in [1.82, 2.24) is 15.5 Å². The highest BCUT2D eigenvalue weighted by molar-refractivity contribution is 8.02. The molecular weight excluding hydrogens is 358 g/mol. The number of nitrogens with two attached hydrogens (primary N) is 1. The van der Waals surface area contributed by atoms with Crippen LogP contribution in [-0.4, -0.2) is 27.4 Å². The number of carbonyl (C=O) groups is 2. The Kier molecular flexibility index (Phi) is 6.77. The van der Waals surface area contributed by atoms with Crippen molar-refractivity contribution >= 4 is 45.9 Å². The SMILES string of the molecule is CCc1ccc(Nc2nnc(S[C@@H](C(=O)NC(N)=O)C(C)C)s2)cc1. The number of benzene rings is 1. The molecule has 0 aliphatic carbocycles. The molecule has 134 valence electrons. The van der Waals surface area contributed by atoms with E-state index in [1.165, 1.54) is 28.7 Å². The fourth-order valence-electron chi connectivity index (χ4n) is 2.05. The Labute approximate surface area is 154 Å². The van der Waals surface area contributed by atoms with Gasteiger partial charge in [-0.25, -0.2) is 4.79 Å². The number of hydrogen-bond donors (Lipinski definition) is 3. The molecule has 25 heavy (non-hydrogen) atoms. The Morgan fingerprint density at radius 2 is 1.92 bits per heavy atom. The molecule has 7 nitrogen and oxygen atoms in total. The standard InChI is InChI=1S/C16H21N5O2S2/c1-4-10-5-7-11(8-6-10)18-15-20-21-16(25-15)24-12(9(2)3)13(22)19-14(17)23/h5-9,12H,4H2,1-3H3,(H,18,20)(H3,17,19,22,23)/t12-/m1/s1. The smallest absolute Gasteiger partial charge is 0.318 e. The maximum atomic E-state index is 12.1. The predicted molar refractivity (Wildman–Crippen MR) is 101 cm³/mol. The molecule has 0 bridgehead atoms. The van der Waals surface area contributed by atoms with Crippen LogP contribution in [0.1, 0.15) is 26.3 Å². The van der Waals surface area contributed by atoms with E-state index in [0.29, 0.717) is 9.47 Å². The molecule has 0 aliphatic heterocycles. The summed E-state index contributed by atoms with van der Waals surface area (Å²) < 4.78 is 0.644. The van der Waals surface area contributed by atoms with Crippen LogP contribution in [0.15, 0.2) is 28.6 Å². The average molecular weight is 380 g/mol. The van der Waals surface area contributed by atoms with E-state index in [-0.39, 0.29) is 5.92 Å². The van der Waals surface area contributed by atoms with E-state index in [2.05, 4.69) is 39.9 Å². The second-order valence-electron chi connectivity index (χ2n) is 5.68. The minimum absolute atomic E-state index is 0.00578. The maximum Gasteiger partial charge on any atom is 0.318 e. The first-order valence-electron chi connectivity index (χ1n) is 7.85. The Morgan fingerprint density at radius 1 is 1.24 bits per heavy atom. The third kappa shape index (κ3) is 5.71. The molecular formula is C16H21N5O2S2. The lowest BCUT2D eigenvalue weighted by Gasteiger charge is -2.16. The van der Waals surface area contributed by atoms with Crippen molar-refractivity contribution in [1.29, 1.82) is 0 Å². The lowest BCUT2D eigenvalue weighted by Crippen LogP contribution is -2.42. The number of carbonyl (C=O) groups excluding carboxylic acids is 2. The number of nitrogens with one attached hydrogen (secondary N) is 2. The summed E-state index contributed by atoms with van der Waals surface area (Å²) >= 11 is 2.62. The lowest BCUT2D eigenvalue weighted by molar-refractivity contribution is -0.120. The fourth-order valence-corrected chi connectivity index (χ4v) is 4.03. The number of aryl methyl sites for hydroxylation is 1. The zero-order valence-corrected chi connectivity index (χ0v) is 15.9. The average Bonchev–Trinajstić information content (AvgIpc) is 2.99. The number of urea groups is 1. The summed E-state index contributed by atoms with van der Waals surface area (Å²) in [4.78, 5) is 23.0. The van der Waals surface area contributed by atoms with Crippen LogP contribution in [0.3, 0.4) is 0 Å². The van der Waals surface area contributed by atoms with E-state index >= 15 is 0 Å². The fraction of sp³-hybridized carbons (Fsp3) is 0.375. The number of primary amides is 1. The Bertz CT molecular complexity index is 730. The van der Waals surface area contributed by atoms with Crippen LogP contribution in [0.4, 0.5) is 15.6 Å². The molecule has 0 aliphatic rings. The highest BCUT2D eigenvalue weighted by Gasteiger charge is 2.26. The minimum Gasteiger partial charge on any atom is -0.351 e. The number of amides is 3. The maximum absolute atomic E-state index is 12.1. The number of aromatic nitrogens is 2. The second kappa shape index (κ2) is 8.82. The molecule has 9 heteroatoms. The van der Waals surface area contributed by atoms with Crippen LogP contribution >= 0.6 is 23.1 Å². The summed E-state index contributed by atoms with van der Waals surface area (Å²) in [6, 6.07) is 7.24. The molecule has 2 rings (SSSR count). The van der Waals surface area contributed by atoms with Gasteiger partial charge in [0.05, 0.1) is 5.25 Å². The van der Waals surface area contributed by atoms with Gasteiger partial charge in [0.2, 0.25) is 11.0 Å². The van der Waals surface area contributed by atoms with Gasteiger partial charge >= 0.3 is 6.03 Å². The molecule has 0 saturated carbocycles. The summed E-state index contributed by atoms with van der Waals surface area (Å²) in [5.74, 6) is -0.418. The van der Waals surface area contributed by atoms with Crippen LogP contribution in [-0.2, 0) is 11.2 Å². The zero-order valence-electron chi connectivity index (χ0n) is 14.3. The van der Waals surface area contributed by atoms with Gasteiger partial charge in [-0.1, -0.05) is 56.0 Å². The Hall–Kier alpha value is -2.13. The largest absolute Gasteiger partial charge is 0.351 e. The first-order chi connectivity index (χ1) is 11.9. The Balaban J connectivity index is 2.03. The molecule has 4 N–H and O–H groups in total. The molecule has 0 fully saturated rings. The van der Waals surface area contributed by atoms with Gasteiger partial charge in [0.1, 0.15) is 0 Å². The molecule has 2 aromatic rings. The van der Waals surface area contributed by atoms with Gasteiger partial charge in [-0.2, -0.15) is 0 Å². The van der Waals surface area contributed by atoms with Crippen LogP contribution in [0.5, 0.6) is 0 Å². The van der Waals surface area contributed by atoms with Crippen LogP contribution in [0.25, 0.3) is 0 Å². The quantitative estimate of drug-likeness (QED) is 0.638. The van der Waals surface area contributed by atoms with Crippen molar-refractivity contribution in [3.63, 3.8) is 0 Å². The summed E-state index contributed by atoms with van der Waals surface area (Å²) in [5.41, 5.74) is 7.21. The third-order valence-corrected chi connectivity index (χ3v) is 5.83. The summed E-state index contributed by atoms with van der Waals surface area (Å²) in [7, 11) is 0. The molecule has 0 radical (unpaired) electrons. The summed E-state index contributed by atoms with van der Waals surface area (Å²) in [5, 5.41) is 13.7. The lowest BCUT2D eigenvalue weighted by atomic mass is 10.1. The van der Waals surface area contributed by atoms with Crippen LogP contribution in [0, 0.1) is 5.92 Å². The second-order valence-corrected chi connectivity index (χ2v) is 8.05. The molecule has 0 saturated heterocycles. The van der Waals surface area contributed by atoms with E-state index in [1.54, 1.807) is 0 Å². The van der Waals surface area contributed by atoms with Gasteiger partial charge in [-0.15, -0.1) is 10.2 Å². The number of rotatable bonds is 7. The number of thioether (sulfide) groups is 1. The molecule has 1 aromatic carbocycles. The molecule has 1 aromatic heterocycles. The van der Waals surface area contributed by atoms with E-state index < -0.39 is 17.2 Å². The van der Waals surface area contributed by atoms with Crippen molar-refractivity contribution in [2.45, 2.75) is 36.8 Å². The molecule has 0 spiro atoms. The van der Waals surface area contributed by atoms with E-state index in [0.717, 1.165) is 12.1 Å². The van der Waals surface area contributed by atoms with Crippen molar-refractivity contribution in [2.75, 3.05) is 5.32 Å². The van der Waals surface area contributed by atoms with Crippen molar-refractivity contribution in [2.24, 2.45) is 11.7 Å². The topological polar surface area (TPSA) is 110 Å². The van der Waals surface area contributed by atoms with Crippen molar-refractivity contribution < 1.29 is 9.59 Å². The minimum atomic E-state index is -0.855. The highest BCUT2D eigenvalue weighted by atomic mass is 32.2. The number of anilines is 2. The normalized spacial score (nSPS) is 12.0. The molecule has 1 heterocycles. The zero-order chi connectivity index (χ0) is 18.4. The van der Waals surface area contributed by atoms with Gasteiger partial charge in [0.25, 0.3) is 0 Å². The summed E-state index contributed by atoms with van der Waals surface area (Å²) in [6.45, 7) is 5.90. The van der Waals surface area contributed by atoms with Gasteiger partial charge in [0, 0.05) is 5.69 Å². The van der Waals surface area contributed by atoms with E-state index in [9.17, 15) is 9.59 Å². The summed E-state index contributed by atoms with van der Waals surface area (Å²) in [6.07, 6.45) is 0.990. The first-order valence-corrected chi connectivity index (χ1v) is 9.55. The molecule has 0 unspecified atom stereocenters. The Morgan fingerprint density at radius 3 is 2.48 bits per heavy atom. The van der Waals surface area contributed by atoms with Gasteiger partial charge in [-0.05, 0) is 30.0 Å². The van der Waals surface area contributed by atoms with E-state index in [1.807, 2.05) is 26.0 Å².